The van der Waals surface area contributed by atoms with E-state index < -0.39 is 30.5 Å². The van der Waals surface area contributed by atoms with Crippen molar-refractivity contribution in [3.8, 4) is 0 Å². The third-order valence-corrected chi connectivity index (χ3v) is 5.14. The van der Waals surface area contributed by atoms with Crippen molar-refractivity contribution >= 4 is 25.5 Å². The molecule has 1 aromatic carbocycles. The summed E-state index contributed by atoms with van der Waals surface area (Å²) in [4.78, 5) is -0.595. The number of aromatic nitrogens is 2. The van der Waals surface area contributed by atoms with E-state index in [9.17, 15) is 25.6 Å². The van der Waals surface area contributed by atoms with Gasteiger partial charge in [-0.15, -0.1) is 0 Å². The Hall–Kier alpha value is -2.01. The number of nitrogens with zero attached hydrogens (tertiary/aromatic N) is 1. The Kier molecular flexibility index (Phi) is 3.96. The van der Waals surface area contributed by atoms with Crippen LogP contribution in [-0.4, -0.2) is 32.8 Å². The molecule has 0 aliphatic heterocycles. The van der Waals surface area contributed by atoms with Crippen molar-refractivity contribution in [1.82, 2.24) is 10.2 Å². The number of hydrogen-bond donors (Lipinski definition) is 2. The van der Waals surface area contributed by atoms with Crippen LogP contribution in [0.1, 0.15) is 0 Å². The van der Waals surface area contributed by atoms with Crippen molar-refractivity contribution in [1.29, 1.82) is 0 Å². The highest BCUT2D eigenvalue weighted by atomic mass is 32.2. The van der Waals surface area contributed by atoms with E-state index in [-0.39, 0.29) is 10.7 Å². The van der Waals surface area contributed by atoms with Gasteiger partial charge in [-0.1, -0.05) is 0 Å². The molecule has 2 aromatic rings. The summed E-state index contributed by atoms with van der Waals surface area (Å²) in [5.74, 6) is -3.54. The molecule has 0 bridgehead atoms. The number of hydrogen-bond acceptors (Lipinski definition) is 5. The first-order valence-electron chi connectivity index (χ1n) is 5.38. The average molecular weight is 337 g/mol. The van der Waals surface area contributed by atoms with Gasteiger partial charge in [-0.2, -0.15) is 22.3 Å². The van der Waals surface area contributed by atoms with E-state index in [4.69, 9.17) is 0 Å². The van der Waals surface area contributed by atoms with Crippen molar-refractivity contribution in [2.24, 2.45) is 0 Å². The van der Waals surface area contributed by atoms with Gasteiger partial charge in [0.2, 0.25) is 9.84 Å². The second kappa shape index (κ2) is 5.41. The van der Waals surface area contributed by atoms with Gasteiger partial charge >= 0.3 is 5.76 Å². The molecular formula is C10H9F2N3O4S2. The first kappa shape index (κ1) is 15.4. The van der Waals surface area contributed by atoms with Crippen molar-refractivity contribution in [2.45, 2.75) is 15.7 Å². The molecule has 7 nitrogen and oxygen atoms in total. The summed E-state index contributed by atoms with van der Waals surface area (Å²) in [6.45, 7) is 0. The Morgan fingerprint density at radius 3 is 2.14 bits per heavy atom. The van der Waals surface area contributed by atoms with Gasteiger partial charge in [0, 0.05) is 5.69 Å². The first-order valence-corrected chi connectivity index (χ1v) is 8.41. The maximum absolute atomic E-state index is 12.3. The SMILES string of the molecule is O=S(=O)(Nc1ccc(S(=O)(=O)C(F)F)cc1)c1ccn[nH]1. The molecule has 0 amide bonds. The zero-order valence-corrected chi connectivity index (χ0v) is 11.8. The molecule has 0 atom stereocenters. The molecule has 0 spiro atoms. The van der Waals surface area contributed by atoms with Gasteiger partial charge in [-0.05, 0) is 30.3 Å². The Morgan fingerprint density at radius 1 is 1.05 bits per heavy atom. The number of nitrogens with one attached hydrogen (secondary N) is 2. The van der Waals surface area contributed by atoms with E-state index in [1.54, 1.807) is 0 Å². The van der Waals surface area contributed by atoms with Crippen molar-refractivity contribution in [3.05, 3.63) is 36.5 Å². The van der Waals surface area contributed by atoms with Crippen LogP contribution >= 0.6 is 0 Å². The number of anilines is 1. The van der Waals surface area contributed by atoms with Gasteiger partial charge in [0.15, 0.2) is 5.03 Å². The Morgan fingerprint density at radius 2 is 1.67 bits per heavy atom. The van der Waals surface area contributed by atoms with Crippen LogP contribution in [-0.2, 0) is 19.9 Å². The molecular weight excluding hydrogens is 328 g/mol. The van der Waals surface area contributed by atoms with E-state index in [0.29, 0.717) is 0 Å². The lowest BCUT2D eigenvalue weighted by atomic mass is 10.3. The van der Waals surface area contributed by atoms with E-state index >= 15 is 0 Å². The molecule has 0 saturated carbocycles. The lowest BCUT2D eigenvalue weighted by molar-refractivity contribution is 0.234. The van der Waals surface area contributed by atoms with Gasteiger partial charge in [-0.3, -0.25) is 9.82 Å². The van der Waals surface area contributed by atoms with Crippen LogP contribution in [0, 0.1) is 0 Å². The molecule has 0 radical (unpaired) electrons. The molecule has 114 valence electrons. The van der Waals surface area contributed by atoms with Gasteiger partial charge in [0.05, 0.1) is 11.1 Å². The highest BCUT2D eigenvalue weighted by molar-refractivity contribution is 7.92. The molecule has 1 heterocycles. The van der Waals surface area contributed by atoms with Crippen LogP contribution in [0.25, 0.3) is 0 Å². The molecule has 0 saturated heterocycles. The molecule has 0 aliphatic rings. The summed E-state index contributed by atoms with van der Waals surface area (Å²) >= 11 is 0. The maximum atomic E-state index is 12.3. The van der Waals surface area contributed by atoms with E-state index in [0.717, 1.165) is 24.3 Å². The zero-order chi connectivity index (χ0) is 15.7. The van der Waals surface area contributed by atoms with Gasteiger partial charge in [-0.25, -0.2) is 8.42 Å². The lowest BCUT2D eigenvalue weighted by Gasteiger charge is -2.07. The summed E-state index contributed by atoms with van der Waals surface area (Å²) in [5.41, 5.74) is 0.0258. The summed E-state index contributed by atoms with van der Waals surface area (Å²) in [5, 5.41) is 5.55. The third-order valence-electron chi connectivity index (χ3n) is 2.43. The molecule has 2 rings (SSSR count). The van der Waals surface area contributed by atoms with Crippen LogP contribution in [0.5, 0.6) is 0 Å². The molecule has 21 heavy (non-hydrogen) atoms. The third kappa shape index (κ3) is 3.19. The van der Waals surface area contributed by atoms with Crippen molar-refractivity contribution in [2.75, 3.05) is 4.72 Å². The molecule has 0 unspecified atom stereocenters. The first-order chi connectivity index (χ1) is 9.73. The fraction of sp³-hybridized carbons (Fsp3) is 0.100. The van der Waals surface area contributed by atoms with Crippen LogP contribution in [0.15, 0.2) is 46.5 Å². The van der Waals surface area contributed by atoms with E-state index in [2.05, 4.69) is 14.9 Å². The number of halogens is 2. The highest BCUT2D eigenvalue weighted by Gasteiger charge is 2.26. The average Bonchev–Trinajstić information content (AvgIpc) is 2.93. The summed E-state index contributed by atoms with van der Waals surface area (Å²) in [7, 11) is -8.61. The monoisotopic (exact) mass is 337 g/mol. The smallest absolute Gasteiger partial charge is 0.278 e. The molecule has 0 fully saturated rings. The molecule has 11 heteroatoms. The normalized spacial score (nSPS) is 12.5. The number of sulfone groups is 1. The number of alkyl halides is 2. The summed E-state index contributed by atoms with van der Waals surface area (Å²) < 4.78 is 72.9. The van der Waals surface area contributed by atoms with Crippen LogP contribution < -0.4 is 4.72 Å². The Balaban J connectivity index is 2.25. The number of benzene rings is 1. The number of aromatic amines is 1. The highest BCUT2D eigenvalue weighted by Crippen LogP contribution is 2.21. The topological polar surface area (TPSA) is 109 Å². The van der Waals surface area contributed by atoms with Gasteiger partial charge in [0.1, 0.15) is 0 Å². The Bertz CT molecular complexity index is 816. The minimum Gasteiger partial charge on any atom is -0.278 e. The summed E-state index contributed by atoms with van der Waals surface area (Å²) in [6.07, 6.45) is 1.24. The number of sulfonamides is 1. The fourth-order valence-corrected chi connectivity index (χ4v) is 3.11. The number of rotatable bonds is 5. The minimum absolute atomic E-state index is 0.0258. The fourth-order valence-electron chi connectivity index (χ4n) is 1.42. The molecule has 0 aliphatic carbocycles. The van der Waals surface area contributed by atoms with E-state index in [1.807, 2.05) is 0 Å². The molecule has 1 aromatic heterocycles. The van der Waals surface area contributed by atoms with Crippen molar-refractivity contribution < 1.29 is 25.6 Å². The predicted molar refractivity (Wildman–Crippen MR) is 69.0 cm³/mol. The summed E-state index contributed by atoms with van der Waals surface area (Å²) in [6, 6.07) is 5.16. The second-order valence-corrected chi connectivity index (χ2v) is 7.43. The van der Waals surface area contributed by atoms with Crippen LogP contribution in [0.4, 0.5) is 14.5 Å². The van der Waals surface area contributed by atoms with Gasteiger partial charge < -0.3 is 0 Å². The predicted octanol–water partition coefficient (Wildman–Crippen LogP) is 1.21. The van der Waals surface area contributed by atoms with Crippen LogP contribution in [0.3, 0.4) is 0 Å². The lowest BCUT2D eigenvalue weighted by Crippen LogP contribution is -2.14. The van der Waals surface area contributed by atoms with Crippen LogP contribution in [0.2, 0.25) is 0 Å². The number of H-pyrrole nitrogens is 1. The molecule has 2 N–H and O–H groups in total. The van der Waals surface area contributed by atoms with Gasteiger partial charge in [0.25, 0.3) is 10.0 Å². The maximum Gasteiger partial charge on any atom is 0.341 e. The van der Waals surface area contributed by atoms with E-state index in [1.165, 1.54) is 12.3 Å². The minimum atomic E-state index is -4.71. The standard InChI is InChI=1S/C10H9F2N3O4S2/c11-10(12)20(16,17)8-3-1-7(2-4-8)15-21(18,19)9-5-6-13-14-9/h1-6,10,15H,(H,13,14). The Labute approximate surface area is 119 Å². The zero-order valence-electron chi connectivity index (χ0n) is 10.2. The largest absolute Gasteiger partial charge is 0.341 e. The van der Waals surface area contributed by atoms with Crippen molar-refractivity contribution in [3.63, 3.8) is 0 Å². The second-order valence-electron chi connectivity index (χ2n) is 3.86. The quantitative estimate of drug-likeness (QED) is 0.852.